The summed E-state index contributed by atoms with van der Waals surface area (Å²) in [6, 6.07) is 7.92. The minimum atomic E-state index is -0.336. The van der Waals surface area contributed by atoms with Gasteiger partial charge in [0.25, 0.3) is 0 Å². The molecule has 1 aromatic rings. The molecule has 27 heavy (non-hydrogen) atoms. The molecule has 3 aliphatic rings. The number of hydrogen-bond acceptors (Lipinski definition) is 5. The second-order valence-corrected chi connectivity index (χ2v) is 7.98. The third-order valence-corrected chi connectivity index (χ3v) is 6.11. The van der Waals surface area contributed by atoms with Gasteiger partial charge >= 0.3 is 0 Å². The maximum atomic E-state index is 12.6. The van der Waals surface area contributed by atoms with Gasteiger partial charge in [0.2, 0.25) is 5.91 Å². The van der Waals surface area contributed by atoms with E-state index >= 15 is 0 Å². The lowest BCUT2D eigenvalue weighted by Gasteiger charge is -2.38. The maximum Gasteiger partial charge on any atom is 0.223 e. The number of carbonyl (C=O) groups excluding carboxylic acids is 1. The van der Waals surface area contributed by atoms with E-state index in [9.17, 15) is 4.79 Å². The molecule has 0 radical (unpaired) electrons. The van der Waals surface area contributed by atoms with Crippen molar-refractivity contribution in [3.63, 3.8) is 0 Å². The average molecular weight is 394 g/mol. The molecule has 1 spiro atoms. The highest BCUT2D eigenvalue weighted by Crippen LogP contribution is 2.31. The molecule has 0 unspecified atom stereocenters. The lowest BCUT2D eigenvalue weighted by molar-refractivity contribution is -0.185. The maximum absolute atomic E-state index is 12.6. The molecule has 0 aromatic heterocycles. The molecule has 0 N–H and O–H groups in total. The van der Waals surface area contributed by atoms with Crippen LogP contribution in [0, 0.1) is 0 Å². The van der Waals surface area contributed by atoms with Crippen LogP contribution in [0.25, 0.3) is 0 Å². The standard InChI is InChI=1S/C20H28ClN3O3/c21-17-2-1-3-18(16-17)23-10-12-24(13-11-23)19(25)4-7-22-8-5-20(6-9-22)26-14-15-27-20/h1-3,16H,4-15H2. The SMILES string of the molecule is O=C(CCN1CCC2(CC1)OCCO2)N1CCN(c2cccc(Cl)c2)CC1. The quantitative estimate of drug-likeness (QED) is 0.784. The summed E-state index contributed by atoms with van der Waals surface area (Å²) >= 11 is 6.09. The first-order valence-corrected chi connectivity index (χ1v) is 10.3. The molecule has 3 heterocycles. The molecule has 6 nitrogen and oxygen atoms in total. The van der Waals surface area contributed by atoms with Crippen LogP contribution >= 0.6 is 11.6 Å². The zero-order chi connectivity index (χ0) is 18.7. The minimum absolute atomic E-state index is 0.259. The van der Waals surface area contributed by atoms with E-state index in [2.05, 4.69) is 15.9 Å². The number of nitrogens with zero attached hydrogens (tertiary/aromatic N) is 3. The zero-order valence-corrected chi connectivity index (χ0v) is 16.5. The number of ether oxygens (including phenoxy) is 2. The Morgan fingerprint density at radius 3 is 2.41 bits per heavy atom. The molecule has 7 heteroatoms. The van der Waals surface area contributed by atoms with Gasteiger partial charge in [-0.15, -0.1) is 0 Å². The molecule has 4 rings (SSSR count). The van der Waals surface area contributed by atoms with Gasteiger partial charge in [0.15, 0.2) is 5.79 Å². The number of piperazine rings is 1. The van der Waals surface area contributed by atoms with Gasteiger partial charge in [0, 0.05) is 75.8 Å². The zero-order valence-electron chi connectivity index (χ0n) is 15.7. The predicted octanol–water partition coefficient (Wildman–Crippen LogP) is 2.22. The van der Waals surface area contributed by atoms with Crippen molar-refractivity contribution in [1.29, 1.82) is 0 Å². The van der Waals surface area contributed by atoms with Crippen LogP contribution in [0.1, 0.15) is 19.3 Å². The minimum Gasteiger partial charge on any atom is -0.368 e. The van der Waals surface area contributed by atoms with Gasteiger partial charge in [-0.2, -0.15) is 0 Å². The molecule has 0 saturated carbocycles. The number of anilines is 1. The number of benzene rings is 1. The Bertz CT molecular complexity index is 648. The Morgan fingerprint density at radius 2 is 1.74 bits per heavy atom. The van der Waals surface area contributed by atoms with Crippen LogP contribution in [-0.4, -0.2) is 80.5 Å². The van der Waals surface area contributed by atoms with Gasteiger partial charge in [-0.25, -0.2) is 0 Å². The Labute approximate surface area is 165 Å². The first-order valence-electron chi connectivity index (χ1n) is 9.92. The fraction of sp³-hybridized carbons (Fsp3) is 0.650. The third kappa shape index (κ3) is 4.57. The van der Waals surface area contributed by atoms with Crippen molar-refractivity contribution >= 4 is 23.2 Å². The van der Waals surface area contributed by atoms with E-state index in [0.29, 0.717) is 19.6 Å². The first kappa shape index (κ1) is 19.0. The Kier molecular flexibility index (Phi) is 5.88. The molecule has 0 aliphatic carbocycles. The summed E-state index contributed by atoms with van der Waals surface area (Å²) in [4.78, 5) is 19.2. The highest BCUT2D eigenvalue weighted by Gasteiger charge is 2.39. The van der Waals surface area contributed by atoms with Crippen LogP contribution in [0.15, 0.2) is 24.3 Å². The summed E-state index contributed by atoms with van der Waals surface area (Å²) < 4.78 is 11.5. The summed E-state index contributed by atoms with van der Waals surface area (Å²) in [7, 11) is 0. The summed E-state index contributed by atoms with van der Waals surface area (Å²) in [5, 5.41) is 0.753. The molecule has 1 aromatic carbocycles. The van der Waals surface area contributed by atoms with Crippen molar-refractivity contribution in [3.05, 3.63) is 29.3 Å². The van der Waals surface area contributed by atoms with Crippen LogP contribution in [0.2, 0.25) is 5.02 Å². The Hall–Kier alpha value is -1.34. The number of halogens is 1. The highest BCUT2D eigenvalue weighted by atomic mass is 35.5. The second kappa shape index (κ2) is 8.35. The van der Waals surface area contributed by atoms with Crippen molar-refractivity contribution in [2.24, 2.45) is 0 Å². The van der Waals surface area contributed by atoms with E-state index < -0.39 is 0 Å². The fourth-order valence-electron chi connectivity index (χ4n) is 4.20. The van der Waals surface area contributed by atoms with E-state index in [-0.39, 0.29) is 11.7 Å². The van der Waals surface area contributed by atoms with E-state index in [1.807, 2.05) is 23.1 Å². The van der Waals surface area contributed by atoms with Gasteiger partial charge in [0.1, 0.15) is 0 Å². The number of hydrogen-bond donors (Lipinski definition) is 0. The molecule has 3 aliphatic heterocycles. The van der Waals surface area contributed by atoms with Crippen LogP contribution in [0.5, 0.6) is 0 Å². The van der Waals surface area contributed by atoms with E-state index in [1.165, 1.54) is 0 Å². The van der Waals surface area contributed by atoms with Crippen LogP contribution < -0.4 is 4.90 Å². The van der Waals surface area contributed by atoms with Crippen molar-refractivity contribution in [1.82, 2.24) is 9.80 Å². The Balaban J connectivity index is 1.19. The van der Waals surface area contributed by atoms with Crippen LogP contribution in [0.3, 0.4) is 0 Å². The number of rotatable bonds is 4. The normalized spacial score (nSPS) is 23.1. The molecular weight excluding hydrogens is 366 g/mol. The number of carbonyl (C=O) groups is 1. The van der Waals surface area contributed by atoms with Crippen LogP contribution in [-0.2, 0) is 14.3 Å². The average Bonchev–Trinajstić information content (AvgIpc) is 3.15. The Morgan fingerprint density at radius 1 is 1.04 bits per heavy atom. The third-order valence-electron chi connectivity index (χ3n) is 5.88. The molecule has 1 amide bonds. The molecule has 0 atom stereocenters. The monoisotopic (exact) mass is 393 g/mol. The molecule has 3 fully saturated rings. The molecule has 3 saturated heterocycles. The number of piperidine rings is 1. The summed E-state index contributed by atoms with van der Waals surface area (Å²) in [6.07, 6.45) is 2.39. The summed E-state index contributed by atoms with van der Waals surface area (Å²) in [5.74, 6) is -0.0774. The molecular formula is C20H28ClN3O3. The van der Waals surface area contributed by atoms with Gasteiger partial charge in [0.05, 0.1) is 13.2 Å². The van der Waals surface area contributed by atoms with E-state index in [4.69, 9.17) is 21.1 Å². The van der Waals surface area contributed by atoms with Crippen molar-refractivity contribution in [2.75, 3.05) is 63.9 Å². The van der Waals surface area contributed by atoms with Gasteiger partial charge in [-0.1, -0.05) is 17.7 Å². The van der Waals surface area contributed by atoms with E-state index in [0.717, 1.165) is 69.4 Å². The van der Waals surface area contributed by atoms with Crippen LogP contribution in [0.4, 0.5) is 5.69 Å². The van der Waals surface area contributed by atoms with Gasteiger partial charge in [-0.05, 0) is 18.2 Å². The highest BCUT2D eigenvalue weighted by molar-refractivity contribution is 6.30. The first-order chi connectivity index (χ1) is 13.1. The lowest BCUT2D eigenvalue weighted by atomic mass is 10.0. The number of likely N-dealkylation sites (tertiary alicyclic amines) is 1. The van der Waals surface area contributed by atoms with Gasteiger partial charge < -0.3 is 24.2 Å². The van der Waals surface area contributed by atoms with Gasteiger partial charge in [-0.3, -0.25) is 4.79 Å². The lowest BCUT2D eigenvalue weighted by Crippen LogP contribution is -2.50. The smallest absolute Gasteiger partial charge is 0.223 e. The van der Waals surface area contributed by atoms with Crippen molar-refractivity contribution in [3.8, 4) is 0 Å². The summed E-state index contributed by atoms with van der Waals surface area (Å²) in [6.45, 7) is 7.38. The van der Waals surface area contributed by atoms with E-state index in [1.54, 1.807) is 0 Å². The van der Waals surface area contributed by atoms with Crippen molar-refractivity contribution in [2.45, 2.75) is 25.0 Å². The number of amides is 1. The largest absolute Gasteiger partial charge is 0.368 e. The second-order valence-electron chi connectivity index (χ2n) is 7.55. The summed E-state index contributed by atoms with van der Waals surface area (Å²) in [5.41, 5.74) is 1.13. The van der Waals surface area contributed by atoms with Crippen molar-refractivity contribution < 1.29 is 14.3 Å². The molecule has 148 valence electrons. The molecule has 0 bridgehead atoms. The predicted molar refractivity (Wildman–Crippen MR) is 105 cm³/mol. The fourth-order valence-corrected chi connectivity index (χ4v) is 4.39. The topological polar surface area (TPSA) is 45.3 Å².